The van der Waals surface area contributed by atoms with Crippen molar-refractivity contribution in [3.05, 3.63) is 34.7 Å². The van der Waals surface area contributed by atoms with Crippen molar-refractivity contribution in [2.45, 2.75) is 31.6 Å². The van der Waals surface area contributed by atoms with E-state index in [4.69, 9.17) is 0 Å². The molecule has 2 aliphatic carbocycles. The molecule has 0 amide bonds. The minimum atomic E-state index is 0.907. The Balaban J connectivity index is 1.96. The van der Waals surface area contributed by atoms with Crippen LogP contribution >= 0.6 is 11.3 Å². The van der Waals surface area contributed by atoms with Gasteiger partial charge in [-0.1, -0.05) is 6.42 Å². The zero-order valence-corrected chi connectivity index (χ0v) is 9.52. The maximum Gasteiger partial charge on any atom is 0.0345 e. The van der Waals surface area contributed by atoms with Crippen LogP contribution < -0.4 is 0 Å². The third-order valence-corrected chi connectivity index (χ3v) is 5.13. The first kappa shape index (κ1) is 8.35. The number of rotatable bonds is 0. The number of hydrogen-bond donors (Lipinski definition) is 0. The topological polar surface area (TPSA) is 0 Å². The van der Waals surface area contributed by atoms with Gasteiger partial charge in [-0.15, -0.1) is 11.3 Å². The Morgan fingerprint density at radius 3 is 3.20 bits per heavy atom. The number of hydrogen-bond acceptors (Lipinski definition) is 1. The van der Waals surface area contributed by atoms with Gasteiger partial charge in [0, 0.05) is 4.70 Å². The van der Waals surface area contributed by atoms with Crippen LogP contribution in [0.1, 0.15) is 36.3 Å². The van der Waals surface area contributed by atoms with E-state index in [0.29, 0.717) is 0 Å². The van der Waals surface area contributed by atoms with E-state index in [1.807, 2.05) is 11.3 Å². The van der Waals surface area contributed by atoms with Crippen molar-refractivity contribution >= 4 is 21.4 Å². The molecule has 0 spiro atoms. The third kappa shape index (κ3) is 1.07. The molecule has 76 valence electrons. The average Bonchev–Trinajstić information content (AvgIpc) is 2.86. The van der Waals surface area contributed by atoms with Crippen LogP contribution in [-0.4, -0.2) is 0 Å². The van der Waals surface area contributed by atoms with Crippen LogP contribution in [-0.2, 0) is 6.42 Å². The number of benzene rings is 1. The van der Waals surface area contributed by atoms with Crippen molar-refractivity contribution in [1.82, 2.24) is 0 Å². The molecule has 0 unspecified atom stereocenters. The summed E-state index contributed by atoms with van der Waals surface area (Å²) in [6.45, 7) is 0. The maximum absolute atomic E-state index is 2.47. The van der Waals surface area contributed by atoms with E-state index >= 15 is 0 Å². The predicted molar refractivity (Wildman–Crippen MR) is 65.6 cm³/mol. The molecule has 1 aromatic heterocycles. The highest BCUT2D eigenvalue weighted by atomic mass is 32.1. The fraction of sp³-hybridized carbons (Fsp3) is 0.429. The largest absolute Gasteiger partial charge is 0.144 e. The van der Waals surface area contributed by atoms with Gasteiger partial charge >= 0.3 is 0 Å². The second-order valence-electron chi connectivity index (χ2n) is 5.01. The molecule has 0 aliphatic heterocycles. The summed E-state index contributed by atoms with van der Waals surface area (Å²) in [6.07, 6.45) is 5.71. The molecule has 15 heavy (non-hydrogen) atoms. The highest BCUT2D eigenvalue weighted by Crippen LogP contribution is 2.49. The van der Waals surface area contributed by atoms with Gasteiger partial charge in [-0.05, 0) is 71.2 Å². The van der Waals surface area contributed by atoms with Gasteiger partial charge < -0.3 is 0 Å². The lowest BCUT2D eigenvalue weighted by atomic mass is 9.96. The van der Waals surface area contributed by atoms with Gasteiger partial charge in [0.05, 0.1) is 0 Å². The Labute approximate surface area is 93.9 Å². The molecule has 1 heteroatoms. The van der Waals surface area contributed by atoms with Crippen LogP contribution in [0.25, 0.3) is 10.1 Å². The van der Waals surface area contributed by atoms with Gasteiger partial charge in [0.2, 0.25) is 0 Å². The second-order valence-corrected chi connectivity index (χ2v) is 5.96. The minimum absolute atomic E-state index is 0.907. The summed E-state index contributed by atoms with van der Waals surface area (Å²) < 4.78 is 1.48. The van der Waals surface area contributed by atoms with Crippen LogP contribution in [0, 0.1) is 5.92 Å². The Morgan fingerprint density at radius 2 is 2.20 bits per heavy atom. The van der Waals surface area contributed by atoms with Crippen molar-refractivity contribution in [1.29, 1.82) is 0 Å². The standard InChI is InChI=1S/C14H14S/c1-2-9-6-11-8-14-10(4-5-15-14)7-13(11)12(9)3-1/h4-5,7-9,12H,1-3,6H2/t9-,12-/m1/s1. The molecular formula is C14H14S. The SMILES string of the molecule is c1cc2cc3c(cc2s1)C[C@H]1CCC[C@@H]31. The lowest BCUT2D eigenvalue weighted by molar-refractivity contribution is 0.527. The summed E-state index contributed by atoms with van der Waals surface area (Å²) in [7, 11) is 0. The highest BCUT2D eigenvalue weighted by Gasteiger charge is 2.35. The van der Waals surface area contributed by atoms with Crippen LogP contribution in [0.15, 0.2) is 23.6 Å². The molecule has 0 bridgehead atoms. The van der Waals surface area contributed by atoms with Gasteiger partial charge in [-0.3, -0.25) is 0 Å². The van der Waals surface area contributed by atoms with Gasteiger partial charge in [0.1, 0.15) is 0 Å². The fourth-order valence-electron chi connectivity index (χ4n) is 3.56. The quantitative estimate of drug-likeness (QED) is 0.612. The Morgan fingerprint density at radius 1 is 1.20 bits per heavy atom. The summed E-state index contributed by atoms with van der Waals surface area (Å²) in [4.78, 5) is 0. The Bertz CT molecular complexity index is 523. The molecule has 0 saturated heterocycles. The van der Waals surface area contributed by atoms with Crippen molar-refractivity contribution in [2.75, 3.05) is 0 Å². The molecule has 1 saturated carbocycles. The van der Waals surface area contributed by atoms with E-state index in [1.54, 1.807) is 11.1 Å². The number of thiophene rings is 1. The van der Waals surface area contributed by atoms with Gasteiger partial charge in [-0.2, -0.15) is 0 Å². The Kier molecular flexibility index (Phi) is 1.59. The molecule has 1 aromatic carbocycles. The van der Waals surface area contributed by atoms with Gasteiger partial charge in [0.25, 0.3) is 0 Å². The van der Waals surface area contributed by atoms with E-state index in [-0.39, 0.29) is 0 Å². The van der Waals surface area contributed by atoms with Gasteiger partial charge in [-0.25, -0.2) is 0 Å². The molecule has 2 aliphatic rings. The first-order valence-electron chi connectivity index (χ1n) is 5.92. The van der Waals surface area contributed by atoms with E-state index in [1.165, 1.54) is 35.8 Å². The molecule has 2 atom stereocenters. The molecule has 1 heterocycles. The molecular weight excluding hydrogens is 200 g/mol. The van der Waals surface area contributed by atoms with Crippen molar-refractivity contribution in [3.8, 4) is 0 Å². The highest BCUT2D eigenvalue weighted by molar-refractivity contribution is 7.17. The zero-order chi connectivity index (χ0) is 9.83. The van der Waals surface area contributed by atoms with Crippen LogP contribution in [0.5, 0.6) is 0 Å². The third-order valence-electron chi connectivity index (χ3n) is 4.25. The summed E-state index contributed by atoms with van der Waals surface area (Å²) in [5.41, 5.74) is 3.34. The molecule has 0 N–H and O–H groups in total. The fourth-order valence-corrected chi connectivity index (χ4v) is 4.40. The van der Waals surface area contributed by atoms with Crippen molar-refractivity contribution in [3.63, 3.8) is 0 Å². The minimum Gasteiger partial charge on any atom is -0.144 e. The summed E-state index contributed by atoms with van der Waals surface area (Å²) >= 11 is 1.88. The van der Waals surface area contributed by atoms with E-state index < -0.39 is 0 Å². The van der Waals surface area contributed by atoms with Crippen molar-refractivity contribution < 1.29 is 0 Å². The predicted octanol–water partition coefficient (Wildman–Crippen LogP) is 4.34. The molecule has 0 nitrogen and oxygen atoms in total. The lowest BCUT2D eigenvalue weighted by Gasteiger charge is -2.08. The maximum atomic E-state index is 2.47. The first-order valence-corrected chi connectivity index (χ1v) is 6.80. The molecule has 4 rings (SSSR count). The van der Waals surface area contributed by atoms with E-state index in [2.05, 4.69) is 23.6 Å². The lowest BCUT2D eigenvalue weighted by Crippen LogP contribution is -1.97. The smallest absolute Gasteiger partial charge is 0.0345 e. The zero-order valence-electron chi connectivity index (χ0n) is 8.70. The first-order chi connectivity index (χ1) is 7.42. The normalized spacial score (nSPS) is 28.3. The van der Waals surface area contributed by atoms with Crippen LogP contribution in [0.3, 0.4) is 0 Å². The van der Waals surface area contributed by atoms with E-state index in [9.17, 15) is 0 Å². The summed E-state index contributed by atoms with van der Waals surface area (Å²) in [5.74, 6) is 1.89. The molecule has 1 fully saturated rings. The van der Waals surface area contributed by atoms with Crippen molar-refractivity contribution in [2.24, 2.45) is 5.92 Å². The van der Waals surface area contributed by atoms with Gasteiger partial charge in [0.15, 0.2) is 0 Å². The second kappa shape index (κ2) is 2.85. The molecule has 0 radical (unpaired) electrons. The van der Waals surface area contributed by atoms with E-state index in [0.717, 1.165) is 11.8 Å². The monoisotopic (exact) mass is 214 g/mol. The van der Waals surface area contributed by atoms with Crippen LogP contribution in [0.2, 0.25) is 0 Å². The summed E-state index contributed by atoms with van der Waals surface area (Å²) in [5, 5.41) is 3.68. The van der Waals surface area contributed by atoms with Crippen LogP contribution in [0.4, 0.5) is 0 Å². The number of fused-ring (bicyclic) bond motifs is 4. The average molecular weight is 214 g/mol. The summed E-state index contributed by atoms with van der Waals surface area (Å²) in [6, 6.07) is 7.19. The Hall–Kier alpha value is -0.820. The molecule has 2 aromatic rings.